The van der Waals surface area contributed by atoms with E-state index >= 15 is 0 Å². The van der Waals surface area contributed by atoms with Crippen molar-refractivity contribution < 1.29 is 14.3 Å². The van der Waals surface area contributed by atoms with Gasteiger partial charge in [0.15, 0.2) is 5.82 Å². The van der Waals surface area contributed by atoms with Gasteiger partial charge in [-0.2, -0.15) is 0 Å². The van der Waals surface area contributed by atoms with Crippen LogP contribution in [0.5, 0.6) is 11.5 Å². The summed E-state index contributed by atoms with van der Waals surface area (Å²) in [5, 5.41) is 2.92. The minimum atomic E-state index is -0.0519. The summed E-state index contributed by atoms with van der Waals surface area (Å²) in [6.07, 6.45) is 1.91. The van der Waals surface area contributed by atoms with E-state index in [9.17, 15) is 4.79 Å². The summed E-state index contributed by atoms with van der Waals surface area (Å²) in [6, 6.07) is 15.1. The van der Waals surface area contributed by atoms with Crippen molar-refractivity contribution in [2.45, 2.75) is 39.9 Å². The summed E-state index contributed by atoms with van der Waals surface area (Å²) in [5.74, 6) is 2.04. The largest absolute Gasteiger partial charge is 0.457 e. The maximum atomic E-state index is 12.1. The number of nitrogens with zero attached hydrogens (tertiary/aromatic N) is 3. The van der Waals surface area contributed by atoms with Crippen molar-refractivity contribution in [2.24, 2.45) is 5.92 Å². The maximum absolute atomic E-state index is 12.1. The van der Waals surface area contributed by atoms with Gasteiger partial charge < -0.3 is 25.1 Å². The second-order valence-corrected chi connectivity index (χ2v) is 8.88. The van der Waals surface area contributed by atoms with Crippen molar-refractivity contribution in [3.8, 4) is 17.2 Å². The van der Waals surface area contributed by atoms with Gasteiger partial charge in [0.2, 0.25) is 5.91 Å². The van der Waals surface area contributed by atoms with E-state index in [-0.39, 0.29) is 12.0 Å². The molecule has 1 amide bonds. The molecule has 174 valence electrons. The van der Waals surface area contributed by atoms with Crippen LogP contribution in [-0.2, 0) is 16.1 Å². The highest BCUT2D eigenvalue weighted by Gasteiger charge is 2.30. The van der Waals surface area contributed by atoms with Crippen LogP contribution in [-0.4, -0.2) is 20.4 Å². The molecule has 5 rings (SSSR count). The standard InChI is InChI=1S/C26H27N5O3/c1-15(2)11-22(32)30-17-5-4-6-20(12-17)34-19-9-7-18(8-10-19)31-21-13-33-16(3)23(21)24-25(31)26(27)29-14-28-24/h4-10,12,14-16H,11,13H2,1-3H3,(H,30,32)(H2,27,28,29). The monoisotopic (exact) mass is 457 g/mol. The number of aromatic nitrogens is 3. The molecule has 0 aliphatic carbocycles. The van der Waals surface area contributed by atoms with Gasteiger partial charge in [-0.1, -0.05) is 19.9 Å². The fourth-order valence-electron chi connectivity index (χ4n) is 4.36. The van der Waals surface area contributed by atoms with Gasteiger partial charge in [0, 0.05) is 29.4 Å². The third kappa shape index (κ3) is 4.08. The van der Waals surface area contributed by atoms with Crippen molar-refractivity contribution in [3.63, 3.8) is 0 Å². The van der Waals surface area contributed by atoms with Crippen molar-refractivity contribution >= 4 is 28.4 Å². The number of nitrogens with two attached hydrogens (primary N) is 1. The number of hydrogen-bond donors (Lipinski definition) is 2. The lowest BCUT2D eigenvalue weighted by Crippen LogP contribution is -2.13. The Morgan fingerprint density at radius 3 is 2.76 bits per heavy atom. The summed E-state index contributed by atoms with van der Waals surface area (Å²) in [4.78, 5) is 20.8. The Balaban J connectivity index is 1.41. The van der Waals surface area contributed by atoms with Crippen LogP contribution < -0.4 is 15.8 Å². The van der Waals surface area contributed by atoms with Gasteiger partial charge >= 0.3 is 0 Å². The zero-order valence-corrected chi connectivity index (χ0v) is 19.4. The van der Waals surface area contributed by atoms with Crippen LogP contribution in [0.3, 0.4) is 0 Å². The molecule has 8 heteroatoms. The Kier molecular flexibility index (Phi) is 5.67. The molecule has 0 bridgehead atoms. The molecule has 4 aromatic rings. The second kappa shape index (κ2) is 8.79. The van der Waals surface area contributed by atoms with Gasteiger partial charge in [-0.15, -0.1) is 0 Å². The number of amides is 1. The molecule has 2 aromatic heterocycles. The quantitative estimate of drug-likeness (QED) is 0.403. The van der Waals surface area contributed by atoms with Gasteiger partial charge in [0.25, 0.3) is 0 Å². The molecule has 0 fully saturated rings. The van der Waals surface area contributed by atoms with E-state index in [2.05, 4.69) is 19.9 Å². The first-order valence-corrected chi connectivity index (χ1v) is 11.3. The first-order chi connectivity index (χ1) is 16.4. The molecule has 3 N–H and O–H groups in total. The molecule has 1 aliphatic heterocycles. The lowest BCUT2D eigenvalue weighted by atomic mass is 10.1. The van der Waals surface area contributed by atoms with E-state index in [1.807, 2.05) is 69.3 Å². The molecule has 34 heavy (non-hydrogen) atoms. The van der Waals surface area contributed by atoms with Crippen molar-refractivity contribution in [2.75, 3.05) is 11.1 Å². The number of anilines is 2. The van der Waals surface area contributed by atoms with Crippen molar-refractivity contribution in [1.82, 2.24) is 14.5 Å². The molecule has 8 nitrogen and oxygen atoms in total. The van der Waals surface area contributed by atoms with Crippen molar-refractivity contribution in [3.05, 3.63) is 66.1 Å². The molecule has 2 aromatic carbocycles. The lowest BCUT2D eigenvalue weighted by molar-refractivity contribution is -0.116. The zero-order valence-electron chi connectivity index (χ0n) is 19.4. The number of hydrogen-bond acceptors (Lipinski definition) is 6. The van der Waals surface area contributed by atoms with Crippen molar-refractivity contribution in [1.29, 1.82) is 0 Å². The molecule has 0 saturated carbocycles. The molecule has 1 atom stereocenters. The summed E-state index contributed by atoms with van der Waals surface area (Å²) < 4.78 is 14.0. The molecular formula is C26H27N5O3. The van der Waals surface area contributed by atoms with Crippen LogP contribution in [0.15, 0.2) is 54.9 Å². The Morgan fingerprint density at radius 2 is 2.00 bits per heavy atom. The summed E-state index contributed by atoms with van der Waals surface area (Å²) in [5.41, 5.74) is 11.6. The first kappa shape index (κ1) is 21.9. The van der Waals surface area contributed by atoms with Gasteiger partial charge in [0.05, 0.1) is 18.4 Å². The predicted molar refractivity (Wildman–Crippen MR) is 131 cm³/mol. The van der Waals surface area contributed by atoms with Gasteiger partial charge in [-0.25, -0.2) is 9.97 Å². The number of nitrogen functional groups attached to an aromatic ring is 1. The van der Waals surface area contributed by atoms with Gasteiger partial charge in [-0.05, 0) is 49.2 Å². The van der Waals surface area contributed by atoms with Crippen LogP contribution in [0.25, 0.3) is 16.7 Å². The first-order valence-electron chi connectivity index (χ1n) is 11.3. The number of rotatable bonds is 6. The zero-order chi connectivity index (χ0) is 23.8. The third-order valence-corrected chi connectivity index (χ3v) is 5.83. The molecule has 3 heterocycles. The Hall–Kier alpha value is -3.91. The third-order valence-electron chi connectivity index (χ3n) is 5.83. The number of ether oxygens (including phenoxy) is 2. The predicted octanol–water partition coefficient (Wildman–Crippen LogP) is 5.37. The average Bonchev–Trinajstić information content (AvgIpc) is 3.33. The Morgan fingerprint density at radius 1 is 1.21 bits per heavy atom. The molecule has 0 spiro atoms. The molecule has 0 radical (unpaired) electrons. The van der Waals surface area contributed by atoms with E-state index in [0.29, 0.717) is 41.9 Å². The number of benzene rings is 2. The summed E-state index contributed by atoms with van der Waals surface area (Å²) in [6.45, 7) is 6.54. The lowest BCUT2D eigenvalue weighted by Gasteiger charge is -2.12. The summed E-state index contributed by atoms with van der Waals surface area (Å²) >= 11 is 0. The fourth-order valence-corrected chi connectivity index (χ4v) is 4.36. The topological polar surface area (TPSA) is 104 Å². The fraction of sp³-hybridized carbons (Fsp3) is 0.269. The number of nitrogens with one attached hydrogen (secondary N) is 1. The molecule has 1 aliphatic rings. The van der Waals surface area contributed by atoms with E-state index in [1.54, 1.807) is 0 Å². The smallest absolute Gasteiger partial charge is 0.224 e. The minimum absolute atomic E-state index is 0.00969. The van der Waals surface area contributed by atoms with E-state index in [1.165, 1.54) is 6.33 Å². The van der Waals surface area contributed by atoms with Crippen LogP contribution in [0, 0.1) is 5.92 Å². The molecular weight excluding hydrogens is 430 g/mol. The Bertz CT molecular complexity index is 1360. The molecule has 0 saturated heterocycles. The van der Waals surface area contributed by atoms with E-state index < -0.39 is 0 Å². The highest BCUT2D eigenvalue weighted by molar-refractivity contribution is 5.92. The number of carbonyl (C=O) groups excluding carboxylic acids is 1. The Labute approximate surface area is 197 Å². The van der Waals surface area contributed by atoms with Gasteiger partial charge in [0.1, 0.15) is 28.9 Å². The van der Waals surface area contributed by atoms with Crippen LogP contribution in [0.1, 0.15) is 44.6 Å². The minimum Gasteiger partial charge on any atom is -0.457 e. The van der Waals surface area contributed by atoms with E-state index in [0.717, 1.165) is 28.0 Å². The highest BCUT2D eigenvalue weighted by atomic mass is 16.5. The maximum Gasteiger partial charge on any atom is 0.224 e. The van der Waals surface area contributed by atoms with Gasteiger partial charge in [-0.3, -0.25) is 4.79 Å². The van der Waals surface area contributed by atoms with Crippen LogP contribution in [0.2, 0.25) is 0 Å². The normalized spacial score (nSPS) is 15.0. The number of fused-ring (bicyclic) bond motifs is 3. The number of carbonyl (C=O) groups is 1. The van der Waals surface area contributed by atoms with Crippen LogP contribution >= 0.6 is 0 Å². The summed E-state index contributed by atoms with van der Waals surface area (Å²) in [7, 11) is 0. The SMILES string of the molecule is CC(C)CC(=O)Nc1cccc(Oc2ccc(-n3c4c(c5ncnc(N)c53)C(C)OC4)cc2)c1. The average molecular weight is 458 g/mol. The van der Waals surface area contributed by atoms with E-state index in [4.69, 9.17) is 15.2 Å². The second-order valence-electron chi connectivity index (χ2n) is 8.88. The highest BCUT2D eigenvalue weighted by Crippen LogP contribution is 2.40. The van der Waals surface area contributed by atoms with Crippen LogP contribution in [0.4, 0.5) is 11.5 Å². The molecule has 1 unspecified atom stereocenters.